The van der Waals surface area contributed by atoms with Gasteiger partial charge in [-0.3, -0.25) is 9.59 Å². The van der Waals surface area contributed by atoms with E-state index in [9.17, 15) is 26.8 Å². The summed E-state index contributed by atoms with van der Waals surface area (Å²) >= 11 is 0. The normalized spacial score (nSPS) is 19.3. The van der Waals surface area contributed by atoms with Crippen LogP contribution in [0.2, 0.25) is 0 Å². The number of hydrogen-bond donors (Lipinski definition) is 1. The minimum Gasteiger partial charge on any atom is -0.492 e. The lowest BCUT2D eigenvalue weighted by Gasteiger charge is -2.24. The van der Waals surface area contributed by atoms with Crippen molar-refractivity contribution in [2.24, 2.45) is 0 Å². The van der Waals surface area contributed by atoms with Crippen LogP contribution in [-0.2, 0) is 14.8 Å². The van der Waals surface area contributed by atoms with E-state index in [1.807, 2.05) is 0 Å². The molecule has 2 aromatic rings. The fourth-order valence-corrected chi connectivity index (χ4v) is 5.22. The van der Waals surface area contributed by atoms with Crippen LogP contribution in [0.15, 0.2) is 41.3 Å². The van der Waals surface area contributed by atoms with Crippen LogP contribution >= 0.6 is 0 Å². The second-order valence-corrected chi connectivity index (χ2v) is 8.71. The van der Waals surface area contributed by atoms with Crippen molar-refractivity contribution in [1.82, 2.24) is 4.31 Å². The lowest BCUT2D eigenvalue weighted by Crippen LogP contribution is -2.39. The molecule has 0 aromatic heterocycles. The SMILES string of the molecule is O=C1Nc2ccc(S(=O)(=O)N3CCCC3COc3cc(F)cc(F)c3)cc2C1=O. The Kier molecular flexibility index (Phi) is 4.83. The Hall–Kier alpha value is -2.85. The molecule has 0 radical (unpaired) electrons. The summed E-state index contributed by atoms with van der Waals surface area (Å²) in [6.45, 7) is 0.169. The number of amides is 1. The number of hydrogen-bond acceptors (Lipinski definition) is 5. The molecule has 0 aliphatic carbocycles. The first kappa shape index (κ1) is 19.5. The van der Waals surface area contributed by atoms with Crippen LogP contribution < -0.4 is 10.1 Å². The van der Waals surface area contributed by atoms with Crippen molar-refractivity contribution < 1.29 is 31.5 Å². The van der Waals surface area contributed by atoms with Gasteiger partial charge >= 0.3 is 0 Å². The third kappa shape index (κ3) is 3.60. The van der Waals surface area contributed by atoms with Gasteiger partial charge in [0.2, 0.25) is 10.0 Å². The Morgan fingerprint density at radius 1 is 1.10 bits per heavy atom. The number of rotatable bonds is 5. The van der Waals surface area contributed by atoms with E-state index >= 15 is 0 Å². The third-order valence-electron chi connectivity index (χ3n) is 4.90. The molecular formula is C19H16F2N2O5S. The number of ketones is 1. The van der Waals surface area contributed by atoms with Gasteiger partial charge in [-0.2, -0.15) is 4.31 Å². The van der Waals surface area contributed by atoms with Crippen molar-refractivity contribution in [2.75, 3.05) is 18.5 Å². The van der Waals surface area contributed by atoms with Crippen molar-refractivity contribution in [1.29, 1.82) is 0 Å². The van der Waals surface area contributed by atoms with E-state index in [-0.39, 0.29) is 35.0 Å². The minimum absolute atomic E-state index is 0.0123. The second kappa shape index (κ2) is 7.20. The molecule has 1 amide bonds. The highest BCUT2D eigenvalue weighted by molar-refractivity contribution is 7.89. The van der Waals surface area contributed by atoms with Crippen LogP contribution in [0.1, 0.15) is 23.2 Å². The smallest absolute Gasteiger partial charge is 0.296 e. The lowest BCUT2D eigenvalue weighted by molar-refractivity contribution is -0.112. The summed E-state index contributed by atoms with van der Waals surface area (Å²) in [7, 11) is -3.96. The topological polar surface area (TPSA) is 92.8 Å². The van der Waals surface area contributed by atoms with Crippen molar-refractivity contribution >= 4 is 27.4 Å². The molecule has 2 aliphatic rings. The van der Waals surface area contributed by atoms with Crippen molar-refractivity contribution in [3.63, 3.8) is 0 Å². The maximum atomic E-state index is 13.3. The van der Waals surface area contributed by atoms with E-state index in [1.54, 1.807) is 0 Å². The lowest BCUT2D eigenvalue weighted by atomic mass is 10.1. The zero-order valence-corrected chi connectivity index (χ0v) is 15.8. The maximum Gasteiger partial charge on any atom is 0.296 e. The predicted octanol–water partition coefficient (Wildman–Crippen LogP) is 2.33. The number of halogens is 2. The van der Waals surface area contributed by atoms with Crippen molar-refractivity contribution in [2.45, 2.75) is 23.8 Å². The van der Waals surface area contributed by atoms with Gasteiger partial charge in [0.1, 0.15) is 24.0 Å². The van der Waals surface area contributed by atoms with Gasteiger partial charge in [0.05, 0.1) is 22.2 Å². The van der Waals surface area contributed by atoms with Crippen LogP contribution in [-0.4, -0.2) is 43.6 Å². The number of fused-ring (bicyclic) bond motifs is 1. The van der Waals surface area contributed by atoms with E-state index in [4.69, 9.17) is 4.74 Å². The van der Waals surface area contributed by atoms with Crippen LogP contribution in [0.4, 0.5) is 14.5 Å². The summed E-state index contributed by atoms with van der Waals surface area (Å²) in [6, 6.07) is 6.11. The molecule has 7 nitrogen and oxygen atoms in total. The van der Waals surface area contributed by atoms with E-state index in [0.29, 0.717) is 18.9 Å². The third-order valence-corrected chi connectivity index (χ3v) is 6.85. The van der Waals surface area contributed by atoms with Crippen LogP contribution in [0.5, 0.6) is 5.75 Å². The van der Waals surface area contributed by atoms with Gasteiger partial charge in [0.15, 0.2) is 0 Å². The molecule has 0 saturated carbocycles. The molecule has 1 atom stereocenters. The molecule has 4 rings (SSSR count). The number of anilines is 1. The average Bonchev–Trinajstić information content (AvgIpc) is 3.24. The summed E-state index contributed by atoms with van der Waals surface area (Å²) in [5.41, 5.74) is 0.284. The van der Waals surface area contributed by atoms with Gasteiger partial charge in [-0.15, -0.1) is 0 Å². The monoisotopic (exact) mass is 422 g/mol. The number of ether oxygens (including phenoxy) is 1. The largest absolute Gasteiger partial charge is 0.492 e. The van der Waals surface area contributed by atoms with Gasteiger partial charge < -0.3 is 10.1 Å². The number of carbonyl (C=O) groups excluding carboxylic acids is 2. The van der Waals surface area contributed by atoms with Crippen molar-refractivity contribution in [3.8, 4) is 5.75 Å². The Bertz CT molecular complexity index is 1100. The van der Waals surface area contributed by atoms with Crippen LogP contribution in [0, 0.1) is 11.6 Å². The Morgan fingerprint density at radius 3 is 2.55 bits per heavy atom. The van der Waals surface area contributed by atoms with E-state index in [0.717, 1.165) is 12.1 Å². The van der Waals surface area contributed by atoms with Gasteiger partial charge in [-0.1, -0.05) is 0 Å². The van der Waals surface area contributed by atoms with Gasteiger partial charge in [0, 0.05) is 24.7 Å². The number of nitrogens with zero attached hydrogens (tertiary/aromatic N) is 1. The Labute approximate surface area is 165 Å². The Balaban J connectivity index is 1.55. The maximum absolute atomic E-state index is 13.3. The van der Waals surface area contributed by atoms with E-state index in [1.165, 1.54) is 22.5 Å². The molecule has 2 heterocycles. The van der Waals surface area contributed by atoms with Crippen LogP contribution in [0.25, 0.3) is 0 Å². The fourth-order valence-electron chi connectivity index (χ4n) is 3.51. The zero-order valence-electron chi connectivity index (χ0n) is 15.0. The number of Topliss-reactive ketones (excluding diaryl/α,β-unsaturated/α-hetero) is 1. The fraction of sp³-hybridized carbons (Fsp3) is 0.263. The Morgan fingerprint density at radius 2 is 1.83 bits per heavy atom. The highest BCUT2D eigenvalue weighted by atomic mass is 32.2. The summed E-state index contributed by atoms with van der Waals surface area (Å²) in [5, 5.41) is 2.37. The van der Waals surface area contributed by atoms with E-state index in [2.05, 4.69) is 5.32 Å². The minimum atomic E-state index is -3.96. The van der Waals surface area contributed by atoms with Gasteiger partial charge in [-0.05, 0) is 31.0 Å². The molecule has 10 heteroatoms. The average molecular weight is 422 g/mol. The number of carbonyl (C=O) groups is 2. The molecule has 29 heavy (non-hydrogen) atoms. The molecule has 1 fully saturated rings. The quantitative estimate of drug-likeness (QED) is 0.747. The molecule has 1 saturated heterocycles. The summed E-state index contributed by atoms with van der Waals surface area (Å²) < 4.78 is 59.4. The van der Waals surface area contributed by atoms with E-state index < -0.39 is 39.4 Å². The number of sulfonamides is 1. The summed E-state index contributed by atoms with van der Waals surface area (Å²) in [6.07, 6.45) is 1.11. The molecular weight excluding hydrogens is 406 g/mol. The molecule has 152 valence electrons. The predicted molar refractivity (Wildman–Crippen MR) is 98.2 cm³/mol. The first-order chi connectivity index (χ1) is 13.8. The molecule has 0 spiro atoms. The highest BCUT2D eigenvalue weighted by Crippen LogP contribution is 2.31. The molecule has 1 N–H and O–H groups in total. The standard InChI is InChI=1S/C19H16F2N2O5S/c20-11-6-12(21)8-14(7-11)28-10-13-2-1-5-23(13)29(26,27)15-3-4-17-16(9-15)18(24)19(25)22-17/h3-4,6-9,13H,1-2,5,10H2,(H,22,24,25). The first-order valence-corrected chi connectivity index (χ1v) is 10.3. The van der Waals surface area contributed by atoms with Crippen molar-refractivity contribution in [3.05, 3.63) is 53.6 Å². The summed E-state index contributed by atoms with van der Waals surface area (Å²) in [5.74, 6) is -3.20. The molecule has 0 bridgehead atoms. The number of nitrogens with one attached hydrogen (secondary N) is 1. The highest BCUT2D eigenvalue weighted by Gasteiger charge is 2.37. The molecule has 2 aliphatic heterocycles. The van der Waals surface area contributed by atoms with Gasteiger partial charge in [0.25, 0.3) is 11.7 Å². The first-order valence-electron chi connectivity index (χ1n) is 8.86. The molecule has 2 aromatic carbocycles. The van der Waals surface area contributed by atoms with Gasteiger partial charge in [-0.25, -0.2) is 17.2 Å². The zero-order chi connectivity index (χ0) is 20.8. The summed E-state index contributed by atoms with van der Waals surface area (Å²) in [4.78, 5) is 23.2. The number of benzene rings is 2. The van der Waals surface area contributed by atoms with Crippen LogP contribution in [0.3, 0.4) is 0 Å². The second-order valence-electron chi connectivity index (χ2n) is 6.82. The molecule has 1 unspecified atom stereocenters.